The molecule has 0 aliphatic rings. The van der Waals surface area contributed by atoms with E-state index in [1.807, 2.05) is 0 Å². The van der Waals surface area contributed by atoms with Gasteiger partial charge in [0.1, 0.15) is 12.2 Å². The molecule has 1 aromatic carbocycles. The minimum atomic E-state index is -0.635. The van der Waals surface area contributed by atoms with Crippen molar-refractivity contribution in [2.24, 2.45) is 0 Å². The molecule has 1 amide bonds. The van der Waals surface area contributed by atoms with Gasteiger partial charge >= 0.3 is 5.97 Å². The number of carbonyl (C=O) groups is 2. The molecule has 0 bridgehead atoms. The van der Waals surface area contributed by atoms with Crippen LogP contribution in [0, 0.1) is 5.82 Å². The number of ether oxygens (including phenoxy) is 1. The number of amides is 1. The van der Waals surface area contributed by atoms with Gasteiger partial charge in [-0.25, -0.2) is 4.39 Å². The smallest absolute Gasteiger partial charge is 0.315 e. The lowest BCUT2D eigenvalue weighted by Gasteiger charge is -2.03. The van der Waals surface area contributed by atoms with Gasteiger partial charge in [-0.05, 0) is 18.2 Å². The number of hydrogen-bond acceptors (Lipinski definition) is 3. The van der Waals surface area contributed by atoms with Crippen molar-refractivity contribution in [1.29, 1.82) is 0 Å². The number of methoxy groups -OCH3 is 1. The van der Waals surface area contributed by atoms with E-state index in [1.54, 1.807) is 0 Å². The maximum Gasteiger partial charge on any atom is 0.315 e. The Labute approximate surface area is 86.0 Å². The number of carbonyl (C=O) groups excluding carboxylic acids is 2. The van der Waals surface area contributed by atoms with Crippen molar-refractivity contribution in [2.75, 3.05) is 12.4 Å². The standard InChI is InChI=1S/C10H10FNO3/c1-15-10(14)6-9(13)12-8-4-2-3-7(11)5-8/h2-5H,6H2,1H3,(H,12,13). The zero-order valence-corrected chi connectivity index (χ0v) is 8.12. The predicted molar refractivity (Wildman–Crippen MR) is 51.7 cm³/mol. The van der Waals surface area contributed by atoms with Crippen LogP contribution in [0.15, 0.2) is 24.3 Å². The first-order chi connectivity index (χ1) is 7.11. The van der Waals surface area contributed by atoms with E-state index < -0.39 is 17.7 Å². The number of halogens is 1. The second-order valence-corrected chi connectivity index (χ2v) is 2.81. The van der Waals surface area contributed by atoms with Crippen LogP contribution < -0.4 is 5.32 Å². The zero-order valence-electron chi connectivity index (χ0n) is 8.12. The lowest BCUT2D eigenvalue weighted by atomic mass is 10.3. The maximum absolute atomic E-state index is 12.7. The highest BCUT2D eigenvalue weighted by atomic mass is 19.1. The largest absolute Gasteiger partial charge is 0.469 e. The van der Waals surface area contributed by atoms with Gasteiger partial charge in [0, 0.05) is 5.69 Å². The summed E-state index contributed by atoms with van der Waals surface area (Å²) in [5.74, 6) is -1.62. The second kappa shape index (κ2) is 5.09. The Morgan fingerprint density at radius 1 is 1.47 bits per heavy atom. The van der Waals surface area contributed by atoms with Gasteiger partial charge in [-0.1, -0.05) is 6.07 Å². The van der Waals surface area contributed by atoms with Crippen LogP contribution in [0.1, 0.15) is 6.42 Å². The molecule has 0 aromatic heterocycles. The summed E-state index contributed by atoms with van der Waals surface area (Å²) in [5.41, 5.74) is 0.309. The Morgan fingerprint density at radius 2 is 2.20 bits per heavy atom. The molecule has 0 aliphatic carbocycles. The SMILES string of the molecule is COC(=O)CC(=O)Nc1cccc(F)c1. The van der Waals surface area contributed by atoms with Crippen LogP contribution in [0.3, 0.4) is 0 Å². The third-order valence-electron chi connectivity index (χ3n) is 1.64. The molecule has 1 aromatic rings. The number of esters is 1. The van der Waals surface area contributed by atoms with E-state index in [2.05, 4.69) is 10.1 Å². The topological polar surface area (TPSA) is 55.4 Å². The van der Waals surface area contributed by atoms with Crippen molar-refractivity contribution in [3.63, 3.8) is 0 Å². The summed E-state index contributed by atoms with van der Waals surface area (Å²) in [6.07, 6.45) is -0.382. The number of rotatable bonds is 3. The predicted octanol–water partition coefficient (Wildman–Crippen LogP) is 1.33. The number of anilines is 1. The molecule has 80 valence electrons. The van der Waals surface area contributed by atoms with Gasteiger partial charge in [-0.15, -0.1) is 0 Å². The van der Waals surface area contributed by atoms with Crippen LogP contribution >= 0.6 is 0 Å². The van der Waals surface area contributed by atoms with Crippen LogP contribution in [0.2, 0.25) is 0 Å². The third-order valence-corrected chi connectivity index (χ3v) is 1.64. The van der Waals surface area contributed by atoms with E-state index in [-0.39, 0.29) is 6.42 Å². The van der Waals surface area contributed by atoms with Crippen molar-refractivity contribution in [3.05, 3.63) is 30.1 Å². The Balaban J connectivity index is 2.55. The van der Waals surface area contributed by atoms with E-state index in [0.29, 0.717) is 5.69 Å². The average Bonchev–Trinajstić information content (AvgIpc) is 2.17. The van der Waals surface area contributed by atoms with E-state index >= 15 is 0 Å². The second-order valence-electron chi connectivity index (χ2n) is 2.81. The Morgan fingerprint density at radius 3 is 2.80 bits per heavy atom. The van der Waals surface area contributed by atoms with Crippen LogP contribution in [-0.4, -0.2) is 19.0 Å². The zero-order chi connectivity index (χ0) is 11.3. The monoisotopic (exact) mass is 211 g/mol. The molecule has 0 aliphatic heterocycles. The summed E-state index contributed by atoms with van der Waals surface area (Å²) in [5, 5.41) is 2.37. The minimum absolute atomic E-state index is 0.309. The lowest BCUT2D eigenvalue weighted by molar-refractivity contribution is -0.142. The van der Waals surface area contributed by atoms with Crippen molar-refractivity contribution in [3.8, 4) is 0 Å². The molecule has 0 spiro atoms. The first-order valence-corrected chi connectivity index (χ1v) is 4.24. The quantitative estimate of drug-likeness (QED) is 0.606. The fourth-order valence-electron chi connectivity index (χ4n) is 0.975. The number of hydrogen-bond donors (Lipinski definition) is 1. The minimum Gasteiger partial charge on any atom is -0.469 e. The molecule has 5 heteroatoms. The molecule has 1 N–H and O–H groups in total. The lowest BCUT2D eigenvalue weighted by Crippen LogP contribution is -2.17. The van der Waals surface area contributed by atoms with Crippen molar-refractivity contribution in [2.45, 2.75) is 6.42 Å². The molecular weight excluding hydrogens is 201 g/mol. The summed E-state index contributed by atoms with van der Waals surface area (Å²) < 4.78 is 17.0. The molecule has 0 fully saturated rings. The highest BCUT2D eigenvalue weighted by molar-refractivity contribution is 6.01. The molecule has 0 saturated carbocycles. The van der Waals surface area contributed by atoms with Gasteiger partial charge in [0.2, 0.25) is 5.91 Å². The molecule has 0 radical (unpaired) electrons. The first kappa shape index (κ1) is 11.2. The van der Waals surface area contributed by atoms with Gasteiger partial charge < -0.3 is 10.1 Å². The normalized spacial score (nSPS) is 9.47. The molecule has 0 heterocycles. The Kier molecular flexibility index (Phi) is 3.79. The molecule has 0 saturated heterocycles. The Hall–Kier alpha value is -1.91. The molecular formula is C10H10FNO3. The van der Waals surface area contributed by atoms with E-state index in [0.717, 1.165) is 6.07 Å². The van der Waals surface area contributed by atoms with Gasteiger partial charge in [0.05, 0.1) is 7.11 Å². The number of nitrogens with one attached hydrogen (secondary N) is 1. The van der Waals surface area contributed by atoms with Gasteiger partial charge in [0.25, 0.3) is 0 Å². The van der Waals surface area contributed by atoms with Crippen LogP contribution in [-0.2, 0) is 14.3 Å². The van der Waals surface area contributed by atoms with Gasteiger partial charge in [-0.3, -0.25) is 9.59 Å². The Bertz CT molecular complexity index is 379. The fraction of sp³-hybridized carbons (Fsp3) is 0.200. The summed E-state index contributed by atoms with van der Waals surface area (Å²) in [7, 11) is 1.19. The summed E-state index contributed by atoms with van der Waals surface area (Å²) in [6.45, 7) is 0. The summed E-state index contributed by atoms with van der Waals surface area (Å²) in [4.78, 5) is 21.9. The van der Waals surface area contributed by atoms with E-state index in [1.165, 1.54) is 25.3 Å². The summed E-state index contributed by atoms with van der Waals surface area (Å²) >= 11 is 0. The van der Waals surface area contributed by atoms with Crippen molar-refractivity contribution < 1.29 is 18.7 Å². The number of benzene rings is 1. The average molecular weight is 211 g/mol. The van der Waals surface area contributed by atoms with Crippen molar-refractivity contribution in [1.82, 2.24) is 0 Å². The van der Waals surface area contributed by atoms with E-state index in [4.69, 9.17) is 0 Å². The van der Waals surface area contributed by atoms with E-state index in [9.17, 15) is 14.0 Å². The van der Waals surface area contributed by atoms with Crippen LogP contribution in [0.4, 0.5) is 10.1 Å². The highest BCUT2D eigenvalue weighted by Crippen LogP contribution is 2.09. The first-order valence-electron chi connectivity index (χ1n) is 4.24. The van der Waals surface area contributed by atoms with Crippen molar-refractivity contribution >= 4 is 17.6 Å². The summed E-state index contributed by atoms with van der Waals surface area (Å²) in [6, 6.07) is 5.41. The highest BCUT2D eigenvalue weighted by Gasteiger charge is 2.09. The van der Waals surface area contributed by atoms with Crippen LogP contribution in [0.25, 0.3) is 0 Å². The molecule has 1 rings (SSSR count). The van der Waals surface area contributed by atoms with Gasteiger partial charge in [-0.2, -0.15) is 0 Å². The fourth-order valence-corrected chi connectivity index (χ4v) is 0.975. The molecule has 15 heavy (non-hydrogen) atoms. The molecule has 0 unspecified atom stereocenters. The molecule has 4 nitrogen and oxygen atoms in total. The van der Waals surface area contributed by atoms with Crippen LogP contribution in [0.5, 0.6) is 0 Å². The third kappa shape index (κ3) is 3.76. The maximum atomic E-state index is 12.7. The molecule has 0 atom stereocenters. The van der Waals surface area contributed by atoms with Gasteiger partial charge in [0.15, 0.2) is 0 Å².